The van der Waals surface area contributed by atoms with Gasteiger partial charge in [0, 0.05) is 13.2 Å². The van der Waals surface area contributed by atoms with E-state index in [1.165, 1.54) is 0 Å². The molecule has 1 aromatic rings. The summed E-state index contributed by atoms with van der Waals surface area (Å²) in [7, 11) is 1.80. The van der Waals surface area contributed by atoms with Crippen LogP contribution in [-0.4, -0.2) is 21.2 Å². The highest BCUT2D eigenvalue weighted by Gasteiger charge is 2.40. The van der Waals surface area contributed by atoms with Crippen molar-refractivity contribution >= 4 is 11.6 Å². The second kappa shape index (κ2) is 3.09. The molecule has 0 radical (unpaired) electrons. The highest BCUT2D eigenvalue weighted by molar-refractivity contribution is 5.98. The molecule has 2 rings (SSSR count). The predicted molar refractivity (Wildman–Crippen MR) is 52.6 cm³/mol. The zero-order valence-electron chi connectivity index (χ0n) is 8.16. The third-order valence-corrected chi connectivity index (χ3v) is 2.66. The van der Waals surface area contributed by atoms with Gasteiger partial charge < -0.3 is 11.1 Å². The molecule has 1 saturated carbocycles. The molecule has 0 spiro atoms. The number of nitrogens with zero attached hydrogens (tertiary/aromatic N) is 2. The molecule has 1 heterocycles. The summed E-state index contributed by atoms with van der Waals surface area (Å²) < 4.78 is 1.64. The molecule has 1 amide bonds. The maximum atomic E-state index is 11.7. The maximum Gasteiger partial charge on any atom is 0.244 e. The fraction of sp³-hybridized carbons (Fsp3) is 0.556. The van der Waals surface area contributed by atoms with E-state index in [0.717, 1.165) is 19.3 Å². The van der Waals surface area contributed by atoms with Gasteiger partial charge in [-0.3, -0.25) is 9.48 Å². The van der Waals surface area contributed by atoms with Crippen LogP contribution in [0.1, 0.15) is 19.3 Å². The van der Waals surface area contributed by atoms with Crippen LogP contribution in [0.25, 0.3) is 0 Å². The molecule has 5 heteroatoms. The fourth-order valence-corrected chi connectivity index (χ4v) is 1.53. The summed E-state index contributed by atoms with van der Waals surface area (Å²) in [5.41, 5.74) is 5.92. The van der Waals surface area contributed by atoms with E-state index in [2.05, 4.69) is 10.4 Å². The molecule has 1 fully saturated rings. The SMILES string of the molecule is Cn1cc(NC(=O)C2(N)CCC2)cn1. The van der Waals surface area contributed by atoms with E-state index < -0.39 is 5.54 Å². The summed E-state index contributed by atoms with van der Waals surface area (Å²) in [5, 5.41) is 6.71. The Morgan fingerprint density at radius 3 is 2.86 bits per heavy atom. The molecule has 14 heavy (non-hydrogen) atoms. The average molecular weight is 194 g/mol. The number of amides is 1. The first-order valence-electron chi connectivity index (χ1n) is 4.69. The van der Waals surface area contributed by atoms with Gasteiger partial charge in [-0.15, -0.1) is 0 Å². The van der Waals surface area contributed by atoms with Crippen LogP contribution in [0.15, 0.2) is 12.4 Å². The molecule has 3 N–H and O–H groups in total. The standard InChI is InChI=1S/C9H14N4O/c1-13-6-7(5-11-13)12-8(14)9(10)3-2-4-9/h5-6H,2-4,10H2,1H3,(H,12,14). The lowest BCUT2D eigenvalue weighted by Gasteiger charge is -2.35. The van der Waals surface area contributed by atoms with Gasteiger partial charge in [0.25, 0.3) is 0 Å². The van der Waals surface area contributed by atoms with E-state index in [0.29, 0.717) is 5.69 Å². The van der Waals surface area contributed by atoms with Crippen LogP contribution in [-0.2, 0) is 11.8 Å². The fourth-order valence-electron chi connectivity index (χ4n) is 1.53. The lowest BCUT2D eigenvalue weighted by atomic mass is 9.77. The molecule has 1 aliphatic rings. The highest BCUT2D eigenvalue weighted by atomic mass is 16.2. The maximum absolute atomic E-state index is 11.7. The van der Waals surface area contributed by atoms with Crippen molar-refractivity contribution in [3.8, 4) is 0 Å². The molecule has 0 unspecified atom stereocenters. The van der Waals surface area contributed by atoms with Gasteiger partial charge in [-0.1, -0.05) is 0 Å². The van der Waals surface area contributed by atoms with Crippen molar-refractivity contribution in [2.75, 3.05) is 5.32 Å². The molecule has 0 saturated heterocycles. The van der Waals surface area contributed by atoms with Gasteiger partial charge in [0.1, 0.15) is 0 Å². The van der Waals surface area contributed by atoms with E-state index in [1.807, 2.05) is 0 Å². The molecule has 76 valence electrons. The number of anilines is 1. The number of aryl methyl sites for hydroxylation is 1. The summed E-state index contributed by atoms with van der Waals surface area (Å²) in [6, 6.07) is 0. The number of rotatable bonds is 2. The second-order valence-electron chi connectivity index (χ2n) is 3.87. The average Bonchev–Trinajstić information content (AvgIpc) is 2.47. The topological polar surface area (TPSA) is 72.9 Å². The molecule has 0 bridgehead atoms. The Balaban J connectivity index is 2.01. The van der Waals surface area contributed by atoms with Crippen molar-refractivity contribution in [2.45, 2.75) is 24.8 Å². The summed E-state index contributed by atoms with van der Waals surface area (Å²) in [6.45, 7) is 0. The molecular weight excluding hydrogens is 180 g/mol. The monoisotopic (exact) mass is 194 g/mol. The zero-order valence-corrected chi connectivity index (χ0v) is 8.16. The lowest BCUT2D eigenvalue weighted by molar-refractivity contribution is -0.123. The van der Waals surface area contributed by atoms with E-state index in [-0.39, 0.29) is 5.91 Å². The smallest absolute Gasteiger partial charge is 0.244 e. The molecule has 1 aromatic heterocycles. The largest absolute Gasteiger partial charge is 0.322 e. The minimum Gasteiger partial charge on any atom is -0.322 e. The van der Waals surface area contributed by atoms with Crippen LogP contribution in [0.4, 0.5) is 5.69 Å². The van der Waals surface area contributed by atoms with Crippen LogP contribution < -0.4 is 11.1 Å². The van der Waals surface area contributed by atoms with Crippen LogP contribution in [0.3, 0.4) is 0 Å². The Bertz CT molecular complexity index is 353. The zero-order chi connectivity index (χ0) is 10.2. The van der Waals surface area contributed by atoms with Gasteiger partial charge in [-0.2, -0.15) is 5.10 Å². The van der Waals surface area contributed by atoms with Gasteiger partial charge in [-0.25, -0.2) is 0 Å². The molecule has 1 aliphatic carbocycles. The van der Waals surface area contributed by atoms with Crippen molar-refractivity contribution in [2.24, 2.45) is 12.8 Å². The van der Waals surface area contributed by atoms with E-state index in [1.54, 1.807) is 24.1 Å². The normalized spacial score (nSPS) is 18.7. The van der Waals surface area contributed by atoms with Gasteiger partial charge in [0.05, 0.1) is 17.4 Å². The van der Waals surface area contributed by atoms with E-state index in [4.69, 9.17) is 5.73 Å². The van der Waals surface area contributed by atoms with Crippen molar-refractivity contribution in [1.82, 2.24) is 9.78 Å². The number of aromatic nitrogens is 2. The third-order valence-electron chi connectivity index (χ3n) is 2.66. The van der Waals surface area contributed by atoms with Crippen molar-refractivity contribution in [1.29, 1.82) is 0 Å². The Hall–Kier alpha value is -1.36. The van der Waals surface area contributed by atoms with Crippen molar-refractivity contribution in [3.63, 3.8) is 0 Å². The highest BCUT2D eigenvalue weighted by Crippen LogP contribution is 2.30. The third kappa shape index (κ3) is 1.50. The quantitative estimate of drug-likeness (QED) is 0.708. The molecule has 5 nitrogen and oxygen atoms in total. The first-order valence-corrected chi connectivity index (χ1v) is 4.69. The lowest BCUT2D eigenvalue weighted by Crippen LogP contribution is -2.56. The number of carbonyl (C=O) groups is 1. The minimum absolute atomic E-state index is 0.100. The Labute approximate surface area is 82.3 Å². The van der Waals surface area contributed by atoms with E-state index >= 15 is 0 Å². The molecular formula is C9H14N4O. The molecule has 0 atom stereocenters. The Morgan fingerprint density at radius 1 is 1.71 bits per heavy atom. The Morgan fingerprint density at radius 2 is 2.43 bits per heavy atom. The number of nitrogens with two attached hydrogens (primary N) is 1. The van der Waals surface area contributed by atoms with Gasteiger partial charge in [-0.05, 0) is 19.3 Å². The first-order chi connectivity index (χ1) is 6.60. The van der Waals surface area contributed by atoms with Crippen molar-refractivity contribution in [3.05, 3.63) is 12.4 Å². The number of carbonyl (C=O) groups excluding carboxylic acids is 1. The summed E-state index contributed by atoms with van der Waals surface area (Å²) in [5.74, 6) is -0.100. The van der Waals surface area contributed by atoms with Crippen LogP contribution in [0, 0.1) is 0 Å². The summed E-state index contributed by atoms with van der Waals surface area (Å²) in [4.78, 5) is 11.7. The summed E-state index contributed by atoms with van der Waals surface area (Å²) >= 11 is 0. The van der Waals surface area contributed by atoms with Crippen LogP contribution in [0.2, 0.25) is 0 Å². The first kappa shape index (κ1) is 9.21. The second-order valence-corrected chi connectivity index (χ2v) is 3.87. The number of hydrogen-bond acceptors (Lipinski definition) is 3. The number of nitrogens with one attached hydrogen (secondary N) is 1. The van der Waals surface area contributed by atoms with Crippen LogP contribution >= 0.6 is 0 Å². The predicted octanol–water partition coefficient (Wildman–Crippen LogP) is 0.240. The van der Waals surface area contributed by atoms with Gasteiger partial charge >= 0.3 is 0 Å². The molecule has 0 aromatic carbocycles. The molecule has 0 aliphatic heterocycles. The Kier molecular flexibility index (Phi) is 2.03. The van der Waals surface area contributed by atoms with E-state index in [9.17, 15) is 4.79 Å². The van der Waals surface area contributed by atoms with Crippen LogP contribution in [0.5, 0.6) is 0 Å². The van der Waals surface area contributed by atoms with Crippen molar-refractivity contribution < 1.29 is 4.79 Å². The minimum atomic E-state index is -0.643. The van der Waals surface area contributed by atoms with Gasteiger partial charge in [0.2, 0.25) is 5.91 Å². The number of hydrogen-bond donors (Lipinski definition) is 2. The summed E-state index contributed by atoms with van der Waals surface area (Å²) in [6.07, 6.45) is 5.95. The van der Waals surface area contributed by atoms with Gasteiger partial charge in [0.15, 0.2) is 0 Å².